The molecule has 1 heterocycles. The molecule has 1 aliphatic rings. The molecule has 0 unspecified atom stereocenters. The fourth-order valence-electron chi connectivity index (χ4n) is 2.99. The van der Waals surface area contributed by atoms with Crippen molar-refractivity contribution in [2.75, 3.05) is 11.9 Å². The molecule has 0 aliphatic carbocycles. The molecule has 1 N–H and O–H groups in total. The van der Waals surface area contributed by atoms with Gasteiger partial charge in [0.25, 0.3) is 5.91 Å². The van der Waals surface area contributed by atoms with Crippen LogP contribution in [0, 0.1) is 13.8 Å². The molecule has 124 valence electrons. The molecule has 2 aromatic carbocycles. The van der Waals surface area contributed by atoms with Gasteiger partial charge >= 0.3 is 0 Å². The van der Waals surface area contributed by atoms with Crippen LogP contribution >= 0.6 is 0 Å². The van der Waals surface area contributed by atoms with Crippen LogP contribution in [0.2, 0.25) is 0 Å². The van der Waals surface area contributed by atoms with E-state index in [0.29, 0.717) is 18.5 Å². The standard InChI is InChI=1S/C20H22N2O2/c1-13-4-6-17(10-14(13)2)20(24)21-12-15-5-8-18-16(11-15)7-9-19(23)22(18)3/h4-6,8,10-11H,7,9,12H2,1-3H3,(H,21,24). The Labute approximate surface area is 142 Å². The first-order chi connectivity index (χ1) is 11.5. The molecule has 0 saturated carbocycles. The second-order valence-corrected chi connectivity index (χ2v) is 6.40. The monoisotopic (exact) mass is 322 g/mol. The first-order valence-corrected chi connectivity index (χ1v) is 8.19. The van der Waals surface area contributed by atoms with Crippen molar-refractivity contribution >= 4 is 17.5 Å². The number of anilines is 1. The van der Waals surface area contributed by atoms with Crippen molar-refractivity contribution in [2.45, 2.75) is 33.2 Å². The average Bonchev–Trinajstić information content (AvgIpc) is 2.58. The SMILES string of the molecule is Cc1ccc(C(=O)NCc2ccc3c(c2)CCC(=O)N3C)cc1C. The van der Waals surface area contributed by atoms with Gasteiger partial charge in [-0.2, -0.15) is 0 Å². The zero-order valence-electron chi connectivity index (χ0n) is 14.3. The Balaban J connectivity index is 1.70. The largest absolute Gasteiger partial charge is 0.348 e. The third-order valence-corrected chi connectivity index (χ3v) is 4.71. The predicted molar refractivity (Wildman–Crippen MR) is 95.3 cm³/mol. The Morgan fingerprint density at radius 3 is 2.62 bits per heavy atom. The van der Waals surface area contributed by atoms with E-state index in [1.807, 2.05) is 51.2 Å². The molecular weight excluding hydrogens is 300 g/mol. The van der Waals surface area contributed by atoms with Crippen LogP contribution < -0.4 is 10.2 Å². The maximum Gasteiger partial charge on any atom is 0.251 e. The van der Waals surface area contributed by atoms with Crippen molar-refractivity contribution in [1.82, 2.24) is 5.32 Å². The van der Waals surface area contributed by atoms with Crippen LogP contribution in [0.5, 0.6) is 0 Å². The van der Waals surface area contributed by atoms with E-state index in [4.69, 9.17) is 0 Å². The molecule has 3 rings (SSSR count). The molecule has 0 fully saturated rings. The van der Waals surface area contributed by atoms with Crippen molar-refractivity contribution in [1.29, 1.82) is 0 Å². The number of carbonyl (C=O) groups excluding carboxylic acids is 2. The molecule has 2 aromatic rings. The summed E-state index contributed by atoms with van der Waals surface area (Å²) < 4.78 is 0. The predicted octanol–water partition coefficient (Wildman–Crippen LogP) is 3.14. The topological polar surface area (TPSA) is 49.4 Å². The number of rotatable bonds is 3. The Bertz CT molecular complexity index is 811. The molecular formula is C20H22N2O2. The van der Waals surface area contributed by atoms with Crippen molar-refractivity contribution in [3.05, 3.63) is 64.2 Å². The summed E-state index contributed by atoms with van der Waals surface area (Å²) in [5, 5.41) is 2.97. The van der Waals surface area contributed by atoms with E-state index in [-0.39, 0.29) is 11.8 Å². The van der Waals surface area contributed by atoms with Crippen LogP contribution in [-0.2, 0) is 17.8 Å². The van der Waals surface area contributed by atoms with Crippen molar-refractivity contribution in [3.8, 4) is 0 Å². The van der Waals surface area contributed by atoms with E-state index >= 15 is 0 Å². The van der Waals surface area contributed by atoms with Crippen LogP contribution in [-0.4, -0.2) is 18.9 Å². The normalized spacial score (nSPS) is 13.6. The van der Waals surface area contributed by atoms with Gasteiger partial charge < -0.3 is 10.2 Å². The molecule has 0 spiro atoms. The molecule has 2 amide bonds. The molecule has 0 radical (unpaired) electrons. The Hall–Kier alpha value is -2.62. The molecule has 0 bridgehead atoms. The number of hydrogen-bond donors (Lipinski definition) is 1. The highest BCUT2D eigenvalue weighted by atomic mass is 16.2. The summed E-state index contributed by atoms with van der Waals surface area (Å²) >= 11 is 0. The number of carbonyl (C=O) groups is 2. The van der Waals surface area contributed by atoms with E-state index < -0.39 is 0 Å². The number of nitrogens with one attached hydrogen (secondary N) is 1. The number of benzene rings is 2. The quantitative estimate of drug-likeness (QED) is 0.944. The Kier molecular flexibility index (Phi) is 4.38. The van der Waals surface area contributed by atoms with Crippen molar-refractivity contribution < 1.29 is 9.59 Å². The lowest BCUT2D eigenvalue weighted by molar-refractivity contribution is -0.118. The van der Waals surface area contributed by atoms with Gasteiger partial charge in [0.2, 0.25) is 5.91 Å². The second kappa shape index (κ2) is 6.48. The van der Waals surface area contributed by atoms with E-state index in [0.717, 1.165) is 28.8 Å². The Morgan fingerprint density at radius 2 is 1.88 bits per heavy atom. The van der Waals surface area contributed by atoms with E-state index in [9.17, 15) is 9.59 Å². The highest BCUT2D eigenvalue weighted by molar-refractivity contribution is 5.96. The Morgan fingerprint density at radius 1 is 1.08 bits per heavy atom. The maximum atomic E-state index is 12.3. The van der Waals surface area contributed by atoms with Gasteiger partial charge in [-0.05, 0) is 60.7 Å². The first kappa shape index (κ1) is 16.2. The van der Waals surface area contributed by atoms with E-state index in [1.165, 1.54) is 5.56 Å². The fraction of sp³-hybridized carbons (Fsp3) is 0.300. The summed E-state index contributed by atoms with van der Waals surface area (Å²) in [6.07, 6.45) is 1.30. The number of fused-ring (bicyclic) bond motifs is 1. The summed E-state index contributed by atoms with van der Waals surface area (Å²) in [5.41, 5.74) is 6.16. The highest BCUT2D eigenvalue weighted by Crippen LogP contribution is 2.27. The van der Waals surface area contributed by atoms with E-state index in [2.05, 4.69) is 11.4 Å². The molecule has 24 heavy (non-hydrogen) atoms. The first-order valence-electron chi connectivity index (χ1n) is 8.19. The third-order valence-electron chi connectivity index (χ3n) is 4.71. The van der Waals surface area contributed by atoms with Crippen LogP contribution in [0.4, 0.5) is 5.69 Å². The maximum absolute atomic E-state index is 12.3. The van der Waals surface area contributed by atoms with Gasteiger partial charge in [0.1, 0.15) is 0 Å². The second-order valence-electron chi connectivity index (χ2n) is 6.40. The van der Waals surface area contributed by atoms with Crippen LogP contribution in [0.1, 0.15) is 39.0 Å². The van der Waals surface area contributed by atoms with Gasteiger partial charge in [-0.3, -0.25) is 9.59 Å². The van der Waals surface area contributed by atoms with E-state index in [1.54, 1.807) is 4.90 Å². The van der Waals surface area contributed by atoms with Gasteiger partial charge in [0, 0.05) is 31.3 Å². The fourth-order valence-corrected chi connectivity index (χ4v) is 2.99. The minimum Gasteiger partial charge on any atom is -0.348 e. The number of nitrogens with zero attached hydrogens (tertiary/aromatic N) is 1. The zero-order chi connectivity index (χ0) is 17.3. The summed E-state index contributed by atoms with van der Waals surface area (Å²) in [4.78, 5) is 25.7. The smallest absolute Gasteiger partial charge is 0.251 e. The molecule has 4 heteroatoms. The minimum absolute atomic E-state index is 0.0666. The molecule has 0 aromatic heterocycles. The number of aryl methyl sites for hydroxylation is 3. The lowest BCUT2D eigenvalue weighted by Crippen LogP contribution is -2.31. The minimum atomic E-state index is -0.0666. The summed E-state index contributed by atoms with van der Waals surface area (Å²) in [7, 11) is 1.81. The van der Waals surface area contributed by atoms with Crippen LogP contribution in [0.15, 0.2) is 36.4 Å². The highest BCUT2D eigenvalue weighted by Gasteiger charge is 2.20. The summed E-state index contributed by atoms with van der Waals surface area (Å²) in [5.74, 6) is 0.0846. The van der Waals surface area contributed by atoms with Gasteiger partial charge in [-0.25, -0.2) is 0 Å². The summed E-state index contributed by atoms with van der Waals surface area (Å²) in [6, 6.07) is 11.7. The third kappa shape index (κ3) is 3.18. The summed E-state index contributed by atoms with van der Waals surface area (Å²) in [6.45, 7) is 4.52. The van der Waals surface area contributed by atoms with Gasteiger partial charge in [0.15, 0.2) is 0 Å². The lowest BCUT2D eigenvalue weighted by atomic mass is 9.99. The van der Waals surface area contributed by atoms with Gasteiger partial charge in [-0.15, -0.1) is 0 Å². The van der Waals surface area contributed by atoms with Crippen LogP contribution in [0.25, 0.3) is 0 Å². The van der Waals surface area contributed by atoms with Crippen molar-refractivity contribution in [2.24, 2.45) is 0 Å². The lowest BCUT2D eigenvalue weighted by Gasteiger charge is -2.26. The molecule has 4 nitrogen and oxygen atoms in total. The molecule has 1 aliphatic heterocycles. The zero-order valence-corrected chi connectivity index (χ0v) is 14.3. The molecule has 0 atom stereocenters. The van der Waals surface area contributed by atoms with Gasteiger partial charge in [0.05, 0.1) is 0 Å². The number of hydrogen-bond acceptors (Lipinski definition) is 2. The number of amides is 2. The van der Waals surface area contributed by atoms with Crippen LogP contribution in [0.3, 0.4) is 0 Å². The van der Waals surface area contributed by atoms with Crippen molar-refractivity contribution in [3.63, 3.8) is 0 Å². The average molecular weight is 322 g/mol. The molecule has 0 saturated heterocycles. The van der Waals surface area contributed by atoms with Gasteiger partial charge in [-0.1, -0.05) is 18.2 Å².